The molecule has 5 nitrogen and oxygen atoms in total. The predicted molar refractivity (Wildman–Crippen MR) is 84.0 cm³/mol. The fraction of sp³-hybridized carbons (Fsp3) is 0.588. The lowest BCUT2D eigenvalue weighted by Crippen LogP contribution is -2.39. The van der Waals surface area contributed by atoms with Gasteiger partial charge in [0, 0.05) is 24.1 Å². The van der Waals surface area contributed by atoms with E-state index in [2.05, 4.69) is 0 Å². The van der Waals surface area contributed by atoms with Crippen LogP contribution in [-0.2, 0) is 4.79 Å². The number of amides is 1. The van der Waals surface area contributed by atoms with Crippen LogP contribution < -0.4 is 15.2 Å². The molecule has 2 aliphatic rings. The van der Waals surface area contributed by atoms with Crippen molar-refractivity contribution in [3.05, 3.63) is 23.8 Å². The zero-order valence-corrected chi connectivity index (χ0v) is 13.2. The SMILES string of the molecule is COc1cccc(C2C(N)CC(=O)N2C2CCCC2)c1OC. The molecule has 1 aliphatic heterocycles. The first kappa shape index (κ1) is 15.2. The second kappa shape index (κ2) is 6.16. The van der Waals surface area contributed by atoms with Gasteiger partial charge in [-0.1, -0.05) is 25.0 Å². The van der Waals surface area contributed by atoms with Gasteiger partial charge in [-0.15, -0.1) is 0 Å². The number of methoxy groups -OCH3 is 2. The highest BCUT2D eigenvalue weighted by Crippen LogP contribution is 2.44. The van der Waals surface area contributed by atoms with Crippen LogP contribution in [0.1, 0.15) is 43.7 Å². The Hall–Kier alpha value is -1.75. The van der Waals surface area contributed by atoms with E-state index in [1.54, 1.807) is 14.2 Å². The summed E-state index contributed by atoms with van der Waals surface area (Å²) in [6, 6.07) is 5.77. The summed E-state index contributed by atoms with van der Waals surface area (Å²) in [5, 5.41) is 0. The van der Waals surface area contributed by atoms with Crippen LogP contribution in [0, 0.1) is 0 Å². The number of benzene rings is 1. The molecule has 120 valence electrons. The number of nitrogens with zero attached hydrogens (tertiary/aromatic N) is 1. The van der Waals surface area contributed by atoms with E-state index < -0.39 is 0 Å². The number of carbonyl (C=O) groups excluding carboxylic acids is 1. The molecule has 0 spiro atoms. The minimum atomic E-state index is -0.200. The second-order valence-corrected chi connectivity index (χ2v) is 6.13. The van der Waals surface area contributed by atoms with Crippen LogP contribution in [0.15, 0.2) is 18.2 Å². The Kier molecular flexibility index (Phi) is 4.25. The van der Waals surface area contributed by atoms with Crippen LogP contribution in [0.2, 0.25) is 0 Å². The average Bonchev–Trinajstić information content (AvgIpc) is 3.13. The summed E-state index contributed by atoms with van der Waals surface area (Å²) < 4.78 is 10.9. The maximum absolute atomic E-state index is 12.5. The van der Waals surface area contributed by atoms with Gasteiger partial charge in [-0.2, -0.15) is 0 Å². The van der Waals surface area contributed by atoms with Gasteiger partial charge in [-0.05, 0) is 18.9 Å². The molecule has 1 aromatic carbocycles. The van der Waals surface area contributed by atoms with E-state index in [9.17, 15) is 4.79 Å². The number of hydrogen-bond acceptors (Lipinski definition) is 4. The number of likely N-dealkylation sites (tertiary alicyclic amines) is 1. The van der Waals surface area contributed by atoms with Gasteiger partial charge in [-0.25, -0.2) is 0 Å². The molecule has 2 atom stereocenters. The third-order valence-corrected chi connectivity index (χ3v) is 4.87. The molecule has 2 N–H and O–H groups in total. The van der Waals surface area contributed by atoms with Crippen molar-refractivity contribution in [3.8, 4) is 11.5 Å². The number of carbonyl (C=O) groups is 1. The van der Waals surface area contributed by atoms with E-state index in [1.165, 1.54) is 12.8 Å². The van der Waals surface area contributed by atoms with E-state index in [4.69, 9.17) is 15.2 Å². The highest BCUT2D eigenvalue weighted by atomic mass is 16.5. The molecule has 1 saturated heterocycles. The van der Waals surface area contributed by atoms with Gasteiger partial charge >= 0.3 is 0 Å². The Morgan fingerprint density at radius 1 is 1.18 bits per heavy atom. The average molecular weight is 304 g/mol. The van der Waals surface area contributed by atoms with Gasteiger partial charge in [0.15, 0.2) is 11.5 Å². The lowest BCUT2D eigenvalue weighted by atomic mass is 9.98. The van der Waals surface area contributed by atoms with Crippen molar-refractivity contribution in [2.45, 2.75) is 50.2 Å². The molecular weight excluding hydrogens is 280 g/mol. The standard InChI is InChI=1S/C17H24N2O3/c1-21-14-9-5-8-12(17(14)22-2)16-13(18)10-15(20)19(16)11-6-3-4-7-11/h5,8-9,11,13,16H,3-4,6-7,10,18H2,1-2H3. The Balaban J connectivity index is 2.02. The van der Waals surface area contributed by atoms with Crippen LogP contribution in [0.4, 0.5) is 0 Å². The molecule has 2 fully saturated rings. The van der Waals surface area contributed by atoms with Gasteiger partial charge in [-0.3, -0.25) is 4.79 Å². The highest BCUT2D eigenvalue weighted by Gasteiger charge is 2.44. The number of ether oxygens (including phenoxy) is 2. The van der Waals surface area contributed by atoms with E-state index in [0.29, 0.717) is 24.0 Å². The van der Waals surface area contributed by atoms with Gasteiger partial charge in [0.1, 0.15) is 0 Å². The van der Waals surface area contributed by atoms with Gasteiger partial charge in [0.2, 0.25) is 5.91 Å². The first-order valence-electron chi connectivity index (χ1n) is 7.95. The molecule has 1 heterocycles. The van der Waals surface area contributed by atoms with Crippen molar-refractivity contribution in [3.63, 3.8) is 0 Å². The number of para-hydroxylation sites is 1. The molecule has 1 aromatic rings. The normalized spacial score (nSPS) is 25.8. The van der Waals surface area contributed by atoms with E-state index in [-0.39, 0.29) is 18.0 Å². The second-order valence-electron chi connectivity index (χ2n) is 6.13. The number of nitrogens with two attached hydrogens (primary N) is 1. The highest BCUT2D eigenvalue weighted by molar-refractivity contribution is 5.81. The molecule has 22 heavy (non-hydrogen) atoms. The van der Waals surface area contributed by atoms with Crippen molar-refractivity contribution in [2.75, 3.05) is 14.2 Å². The molecule has 5 heteroatoms. The first-order valence-corrected chi connectivity index (χ1v) is 7.95. The molecule has 1 aliphatic carbocycles. The van der Waals surface area contributed by atoms with Gasteiger partial charge in [0.05, 0.1) is 20.3 Å². The minimum Gasteiger partial charge on any atom is -0.493 e. The minimum absolute atomic E-state index is 0.124. The smallest absolute Gasteiger partial charge is 0.225 e. The zero-order chi connectivity index (χ0) is 15.7. The maximum atomic E-state index is 12.5. The van der Waals surface area contributed by atoms with Gasteiger partial charge < -0.3 is 20.1 Å². The van der Waals surface area contributed by atoms with Crippen molar-refractivity contribution >= 4 is 5.91 Å². The third kappa shape index (κ3) is 2.43. The molecule has 0 radical (unpaired) electrons. The van der Waals surface area contributed by atoms with Crippen molar-refractivity contribution < 1.29 is 14.3 Å². The largest absolute Gasteiger partial charge is 0.493 e. The quantitative estimate of drug-likeness (QED) is 0.926. The van der Waals surface area contributed by atoms with E-state index in [1.807, 2.05) is 23.1 Å². The van der Waals surface area contributed by atoms with Crippen molar-refractivity contribution in [1.82, 2.24) is 4.90 Å². The molecule has 1 saturated carbocycles. The van der Waals surface area contributed by atoms with Crippen molar-refractivity contribution in [2.24, 2.45) is 5.73 Å². The van der Waals surface area contributed by atoms with E-state index >= 15 is 0 Å². The summed E-state index contributed by atoms with van der Waals surface area (Å²) in [6.07, 6.45) is 4.92. The summed E-state index contributed by atoms with van der Waals surface area (Å²) in [5.41, 5.74) is 7.27. The zero-order valence-electron chi connectivity index (χ0n) is 13.2. The molecule has 0 bridgehead atoms. The molecular formula is C17H24N2O3. The summed E-state index contributed by atoms with van der Waals surface area (Å²) in [5.74, 6) is 1.52. The predicted octanol–water partition coefficient (Wildman–Crippen LogP) is 2.25. The fourth-order valence-electron chi connectivity index (χ4n) is 3.92. The molecule has 0 aromatic heterocycles. The topological polar surface area (TPSA) is 64.8 Å². The Morgan fingerprint density at radius 2 is 1.91 bits per heavy atom. The lowest BCUT2D eigenvalue weighted by molar-refractivity contribution is -0.131. The summed E-state index contributed by atoms with van der Waals surface area (Å²) >= 11 is 0. The Morgan fingerprint density at radius 3 is 2.55 bits per heavy atom. The van der Waals surface area contributed by atoms with Crippen LogP contribution in [-0.4, -0.2) is 37.1 Å². The van der Waals surface area contributed by atoms with Crippen molar-refractivity contribution in [1.29, 1.82) is 0 Å². The van der Waals surface area contributed by atoms with Crippen LogP contribution in [0.5, 0.6) is 11.5 Å². The Labute approximate surface area is 131 Å². The summed E-state index contributed by atoms with van der Waals surface area (Å²) in [4.78, 5) is 14.5. The fourth-order valence-corrected chi connectivity index (χ4v) is 3.92. The number of hydrogen-bond donors (Lipinski definition) is 1. The third-order valence-electron chi connectivity index (χ3n) is 4.87. The molecule has 1 amide bonds. The van der Waals surface area contributed by atoms with Crippen LogP contribution in [0.25, 0.3) is 0 Å². The lowest BCUT2D eigenvalue weighted by Gasteiger charge is -2.33. The summed E-state index contributed by atoms with van der Waals surface area (Å²) in [7, 11) is 3.25. The first-order chi connectivity index (χ1) is 10.7. The summed E-state index contributed by atoms with van der Waals surface area (Å²) in [6.45, 7) is 0. The Bertz CT molecular complexity index is 555. The van der Waals surface area contributed by atoms with Crippen LogP contribution >= 0.6 is 0 Å². The maximum Gasteiger partial charge on any atom is 0.225 e. The van der Waals surface area contributed by atoms with Crippen LogP contribution in [0.3, 0.4) is 0 Å². The van der Waals surface area contributed by atoms with Gasteiger partial charge in [0.25, 0.3) is 0 Å². The molecule has 3 rings (SSSR count). The monoisotopic (exact) mass is 304 g/mol. The number of rotatable bonds is 4. The molecule has 2 unspecified atom stereocenters. The van der Waals surface area contributed by atoms with E-state index in [0.717, 1.165) is 18.4 Å².